The minimum Gasteiger partial charge on any atom is -0.459 e. The summed E-state index contributed by atoms with van der Waals surface area (Å²) in [7, 11) is 1.65. The van der Waals surface area contributed by atoms with Crippen molar-refractivity contribution in [3.8, 4) is 0 Å². The molecule has 0 aliphatic carbocycles. The molecule has 9 heteroatoms. The van der Waals surface area contributed by atoms with Gasteiger partial charge in [-0.05, 0) is 48.4 Å². The summed E-state index contributed by atoms with van der Waals surface area (Å²) in [5.41, 5.74) is 1.61. The number of carbonyl (C=O) groups excluding carboxylic acids is 3. The normalized spacial score (nSPS) is 10.5. The monoisotopic (exact) mass is 490 g/mol. The number of likely N-dealkylation sites (N-methyl/N-ethyl adjacent to an activating group) is 1. The standard InChI is InChI=1S/C21H19BrN2O5S/c1-13-10-17(23-20(26)16-4-3-9-28-16)30-19(13)21(27)29-12-18(25)24(2)11-14-5-7-15(22)8-6-14/h3-10H,11-12H2,1-2H3,(H,23,26). The molecule has 2 amide bonds. The predicted molar refractivity (Wildman–Crippen MR) is 117 cm³/mol. The molecule has 2 aromatic heterocycles. The highest BCUT2D eigenvalue weighted by Crippen LogP contribution is 2.28. The molecular weight excluding hydrogens is 472 g/mol. The predicted octanol–water partition coefficient (Wildman–Crippen LogP) is 4.48. The Balaban J connectivity index is 1.54. The molecule has 3 aromatic rings. The molecular formula is C21H19BrN2O5S. The van der Waals surface area contributed by atoms with Crippen LogP contribution in [0.4, 0.5) is 5.00 Å². The van der Waals surface area contributed by atoms with E-state index in [0.717, 1.165) is 21.4 Å². The van der Waals surface area contributed by atoms with E-state index in [-0.39, 0.29) is 18.3 Å². The van der Waals surface area contributed by atoms with Crippen molar-refractivity contribution in [3.05, 3.63) is 75.0 Å². The maximum absolute atomic E-state index is 12.4. The van der Waals surface area contributed by atoms with Crippen molar-refractivity contribution < 1.29 is 23.5 Å². The summed E-state index contributed by atoms with van der Waals surface area (Å²) in [6.07, 6.45) is 1.40. The molecule has 0 fully saturated rings. The molecule has 0 unspecified atom stereocenters. The number of thiophene rings is 1. The van der Waals surface area contributed by atoms with E-state index in [4.69, 9.17) is 9.15 Å². The van der Waals surface area contributed by atoms with E-state index in [1.54, 1.807) is 32.2 Å². The number of anilines is 1. The van der Waals surface area contributed by atoms with E-state index >= 15 is 0 Å². The topological polar surface area (TPSA) is 88.9 Å². The van der Waals surface area contributed by atoms with Crippen LogP contribution in [0, 0.1) is 6.92 Å². The fourth-order valence-electron chi connectivity index (χ4n) is 2.58. The Bertz CT molecular complexity index is 1040. The number of halogens is 1. The van der Waals surface area contributed by atoms with Crippen LogP contribution in [0.3, 0.4) is 0 Å². The molecule has 0 saturated heterocycles. The van der Waals surface area contributed by atoms with Crippen LogP contribution in [-0.2, 0) is 16.1 Å². The first-order valence-electron chi connectivity index (χ1n) is 8.94. The van der Waals surface area contributed by atoms with Crippen molar-refractivity contribution >= 4 is 50.1 Å². The third-order valence-corrected chi connectivity index (χ3v) is 5.83. The molecule has 30 heavy (non-hydrogen) atoms. The van der Waals surface area contributed by atoms with Crippen LogP contribution in [0.1, 0.15) is 31.4 Å². The first kappa shape index (κ1) is 21.8. The maximum Gasteiger partial charge on any atom is 0.349 e. The van der Waals surface area contributed by atoms with Crippen molar-refractivity contribution in [2.45, 2.75) is 13.5 Å². The van der Waals surface area contributed by atoms with Gasteiger partial charge in [0, 0.05) is 18.1 Å². The third kappa shape index (κ3) is 5.58. The summed E-state index contributed by atoms with van der Waals surface area (Å²) in [6.45, 7) is 1.78. The Morgan fingerprint density at radius 3 is 2.60 bits per heavy atom. The summed E-state index contributed by atoms with van der Waals surface area (Å²) in [5, 5.41) is 3.16. The Morgan fingerprint density at radius 1 is 1.20 bits per heavy atom. The van der Waals surface area contributed by atoms with E-state index in [0.29, 0.717) is 22.0 Å². The zero-order valence-corrected chi connectivity index (χ0v) is 18.7. The summed E-state index contributed by atoms with van der Waals surface area (Å²) in [5.74, 6) is -1.16. The number of benzene rings is 1. The van der Waals surface area contributed by atoms with Crippen molar-refractivity contribution in [3.63, 3.8) is 0 Å². The number of hydrogen-bond donors (Lipinski definition) is 1. The Morgan fingerprint density at radius 2 is 1.93 bits per heavy atom. The number of hydrogen-bond acceptors (Lipinski definition) is 6. The lowest BCUT2D eigenvalue weighted by Crippen LogP contribution is -2.30. The number of ether oxygens (including phenoxy) is 1. The van der Waals surface area contributed by atoms with Crippen LogP contribution < -0.4 is 5.32 Å². The highest BCUT2D eigenvalue weighted by atomic mass is 79.9. The molecule has 0 saturated carbocycles. The molecule has 156 valence electrons. The van der Waals surface area contributed by atoms with Gasteiger partial charge in [0.25, 0.3) is 11.8 Å². The van der Waals surface area contributed by atoms with Crippen LogP contribution in [-0.4, -0.2) is 36.3 Å². The van der Waals surface area contributed by atoms with Crippen molar-refractivity contribution in [2.24, 2.45) is 0 Å². The lowest BCUT2D eigenvalue weighted by Gasteiger charge is -2.17. The smallest absolute Gasteiger partial charge is 0.349 e. The van der Waals surface area contributed by atoms with Gasteiger partial charge in [0.15, 0.2) is 12.4 Å². The average Bonchev–Trinajstić information content (AvgIpc) is 3.37. The molecule has 7 nitrogen and oxygen atoms in total. The van der Waals surface area contributed by atoms with Gasteiger partial charge in [-0.1, -0.05) is 28.1 Å². The summed E-state index contributed by atoms with van der Waals surface area (Å²) in [4.78, 5) is 38.6. The van der Waals surface area contributed by atoms with Crippen LogP contribution in [0.25, 0.3) is 0 Å². The SMILES string of the molecule is Cc1cc(NC(=O)c2ccco2)sc1C(=O)OCC(=O)N(C)Cc1ccc(Br)cc1. The first-order chi connectivity index (χ1) is 14.3. The molecule has 0 aliphatic rings. The van der Waals surface area contributed by atoms with Crippen LogP contribution >= 0.6 is 27.3 Å². The van der Waals surface area contributed by atoms with Gasteiger partial charge < -0.3 is 19.4 Å². The Kier molecular flexibility index (Phi) is 7.07. The highest BCUT2D eigenvalue weighted by molar-refractivity contribution is 9.10. The van der Waals surface area contributed by atoms with Gasteiger partial charge in [0.1, 0.15) is 4.88 Å². The number of furan rings is 1. The summed E-state index contributed by atoms with van der Waals surface area (Å²) < 4.78 is 11.2. The molecule has 0 radical (unpaired) electrons. The zero-order chi connectivity index (χ0) is 21.7. The van der Waals surface area contributed by atoms with Crippen LogP contribution in [0.5, 0.6) is 0 Å². The van der Waals surface area contributed by atoms with Gasteiger partial charge in [-0.15, -0.1) is 11.3 Å². The third-order valence-electron chi connectivity index (χ3n) is 4.17. The minimum atomic E-state index is -0.610. The van der Waals surface area contributed by atoms with Gasteiger partial charge in [-0.2, -0.15) is 0 Å². The number of aryl methyl sites for hydroxylation is 1. The lowest BCUT2D eigenvalue weighted by molar-refractivity contribution is -0.133. The second kappa shape index (κ2) is 9.73. The number of nitrogens with zero attached hydrogens (tertiary/aromatic N) is 1. The highest BCUT2D eigenvalue weighted by Gasteiger charge is 2.19. The molecule has 0 bridgehead atoms. The van der Waals surface area contributed by atoms with Crippen LogP contribution in [0.15, 0.2) is 57.6 Å². The van der Waals surface area contributed by atoms with Gasteiger partial charge >= 0.3 is 5.97 Å². The van der Waals surface area contributed by atoms with Gasteiger partial charge in [-0.25, -0.2) is 4.79 Å². The van der Waals surface area contributed by atoms with E-state index in [2.05, 4.69) is 21.2 Å². The first-order valence-corrected chi connectivity index (χ1v) is 10.5. The van der Waals surface area contributed by atoms with Gasteiger partial charge in [0.2, 0.25) is 0 Å². The van der Waals surface area contributed by atoms with Gasteiger partial charge in [0.05, 0.1) is 11.3 Å². The van der Waals surface area contributed by atoms with Gasteiger partial charge in [-0.3, -0.25) is 9.59 Å². The molecule has 2 heterocycles. The van der Waals surface area contributed by atoms with Crippen LogP contribution in [0.2, 0.25) is 0 Å². The number of esters is 1. The zero-order valence-electron chi connectivity index (χ0n) is 16.3. The van der Waals surface area contributed by atoms with E-state index in [1.807, 2.05) is 24.3 Å². The van der Waals surface area contributed by atoms with Crippen molar-refractivity contribution in [2.75, 3.05) is 19.0 Å². The molecule has 1 aromatic carbocycles. The fourth-order valence-corrected chi connectivity index (χ4v) is 3.81. The average molecular weight is 491 g/mol. The Hall–Kier alpha value is -2.91. The number of rotatable bonds is 7. The molecule has 0 spiro atoms. The Labute approximate surface area is 185 Å². The largest absolute Gasteiger partial charge is 0.459 e. The summed E-state index contributed by atoms with van der Waals surface area (Å²) in [6, 6.07) is 12.4. The molecule has 3 rings (SSSR count). The van der Waals surface area contributed by atoms with E-state index in [1.165, 1.54) is 11.2 Å². The van der Waals surface area contributed by atoms with E-state index in [9.17, 15) is 14.4 Å². The van der Waals surface area contributed by atoms with Crippen molar-refractivity contribution in [1.82, 2.24) is 4.90 Å². The number of carbonyl (C=O) groups is 3. The van der Waals surface area contributed by atoms with Crippen molar-refractivity contribution in [1.29, 1.82) is 0 Å². The summed E-state index contributed by atoms with van der Waals surface area (Å²) >= 11 is 4.45. The molecule has 0 atom stereocenters. The number of amides is 2. The number of nitrogens with one attached hydrogen (secondary N) is 1. The molecule has 0 aliphatic heterocycles. The second-order valence-corrected chi connectivity index (χ2v) is 8.47. The second-order valence-electron chi connectivity index (χ2n) is 6.51. The lowest BCUT2D eigenvalue weighted by atomic mass is 10.2. The minimum absolute atomic E-state index is 0.171. The van der Waals surface area contributed by atoms with E-state index < -0.39 is 11.9 Å². The quantitative estimate of drug-likeness (QED) is 0.493. The molecule has 1 N–H and O–H groups in total. The fraction of sp³-hybridized carbons (Fsp3) is 0.190. The maximum atomic E-state index is 12.4.